The molecule has 5 aliphatic rings. The summed E-state index contributed by atoms with van der Waals surface area (Å²) < 4.78 is 0. The maximum Gasteiger partial charge on any atom is 0.293 e. The summed E-state index contributed by atoms with van der Waals surface area (Å²) in [4.78, 5) is 18.4. The van der Waals surface area contributed by atoms with Gasteiger partial charge in [0, 0.05) is 22.8 Å². The van der Waals surface area contributed by atoms with Gasteiger partial charge >= 0.3 is 0 Å². The lowest BCUT2D eigenvalue weighted by Crippen LogP contribution is -3.19. The van der Waals surface area contributed by atoms with Crippen LogP contribution in [0.2, 0.25) is 0 Å². The van der Waals surface area contributed by atoms with Crippen molar-refractivity contribution in [1.29, 1.82) is 0 Å². The van der Waals surface area contributed by atoms with E-state index in [1.807, 2.05) is 7.05 Å². The van der Waals surface area contributed by atoms with Crippen LogP contribution in [0.25, 0.3) is 0 Å². The van der Waals surface area contributed by atoms with Gasteiger partial charge in [-0.25, -0.2) is 4.99 Å². The lowest BCUT2D eigenvalue weighted by Gasteiger charge is -2.60. The van der Waals surface area contributed by atoms with Gasteiger partial charge in [-0.2, -0.15) is 0 Å². The number of nitrogens with one attached hydrogen (secondary N) is 2. The number of aliphatic hydroxyl groups excluding tert-OH is 1. The Balaban J connectivity index is 1.57. The molecule has 1 heterocycles. The van der Waals surface area contributed by atoms with Crippen LogP contribution in [0.5, 0.6) is 0 Å². The van der Waals surface area contributed by atoms with Gasteiger partial charge in [-0.05, 0) is 69.9 Å². The number of nitrogens with zero attached hydrogens (tertiary/aromatic N) is 1. The number of carbonyl (C=O) groups excluding carboxylic acids is 1. The highest BCUT2D eigenvalue weighted by atomic mass is 16.4. The van der Waals surface area contributed by atoms with Crippen LogP contribution in [0, 0.1) is 28.6 Å². The molecule has 7 nitrogen and oxygen atoms in total. The van der Waals surface area contributed by atoms with Crippen molar-refractivity contribution in [3.63, 3.8) is 0 Å². The first kappa shape index (κ1) is 23.3. The molecule has 5 N–H and O–H groups in total. The zero-order valence-corrected chi connectivity index (χ0v) is 20.4. The quantitative estimate of drug-likeness (QED) is 0.349. The molecule has 5 rings (SSSR count). The van der Waals surface area contributed by atoms with Gasteiger partial charge in [0.25, 0.3) is 5.96 Å². The van der Waals surface area contributed by atoms with Crippen molar-refractivity contribution in [2.45, 2.75) is 83.3 Å². The van der Waals surface area contributed by atoms with Gasteiger partial charge < -0.3 is 26.1 Å². The van der Waals surface area contributed by atoms with Crippen LogP contribution in [-0.4, -0.2) is 55.9 Å². The highest BCUT2D eigenvalue weighted by Gasteiger charge is 2.73. The molecule has 2 bridgehead atoms. The highest BCUT2D eigenvalue weighted by molar-refractivity contribution is 5.88. The lowest BCUT2D eigenvalue weighted by molar-refractivity contribution is -0.829. The number of carboxylic acids is 1. The Hall–Kier alpha value is -1.44. The van der Waals surface area contributed by atoms with Crippen LogP contribution in [0.1, 0.15) is 71.1 Å². The van der Waals surface area contributed by atoms with E-state index in [2.05, 4.69) is 12.2 Å². The van der Waals surface area contributed by atoms with E-state index in [4.69, 9.17) is 10.7 Å². The topological polar surface area (TPSA) is 115 Å². The first-order valence-electron chi connectivity index (χ1n) is 13.3. The number of piperidine rings is 1. The van der Waals surface area contributed by atoms with Crippen LogP contribution < -0.4 is 21.1 Å². The molecule has 3 saturated carbocycles. The number of guanidine groups is 1. The summed E-state index contributed by atoms with van der Waals surface area (Å²) in [6.45, 7) is 5.08. The largest absolute Gasteiger partial charge is 0.545 e. The summed E-state index contributed by atoms with van der Waals surface area (Å²) in [6.07, 6.45) is 9.72. The molecule has 0 radical (unpaired) electrons. The Morgan fingerprint density at radius 2 is 2.00 bits per heavy atom. The van der Waals surface area contributed by atoms with Gasteiger partial charge in [-0.15, -0.1) is 0 Å². The average Bonchev–Trinajstić information content (AvgIpc) is 3.16. The summed E-state index contributed by atoms with van der Waals surface area (Å²) in [6, 6.07) is 0.353. The van der Waals surface area contributed by atoms with Gasteiger partial charge in [-0.1, -0.05) is 31.8 Å². The number of likely N-dealkylation sites (tertiary alicyclic amines) is 1. The van der Waals surface area contributed by atoms with E-state index in [1.54, 1.807) is 0 Å². The number of carbonyl (C=O) groups is 1. The predicted octanol–water partition coefficient (Wildman–Crippen LogP) is -0.00830. The predicted molar refractivity (Wildman–Crippen MR) is 125 cm³/mol. The third-order valence-electron chi connectivity index (χ3n) is 10.5. The lowest BCUT2D eigenvalue weighted by atomic mass is 9.45. The molecule has 0 amide bonds. The number of aliphatic hydroxyl groups is 1. The van der Waals surface area contributed by atoms with Gasteiger partial charge in [0.05, 0.1) is 31.2 Å². The number of aliphatic carboxylic acids is 1. The second-order valence-corrected chi connectivity index (χ2v) is 11.7. The standard InChI is InChI=1S/C26H42N4O3/c1-16-8-9-17-12-20-22(23(32)33)21(31)13-25(16,20)26(17)15-30(11-10-18(26)14-28-2)24(27)29-19-6-4-3-5-7-19/h16-19,21,28,31H,3-15H2,1-2H3,(H2,27,29)(H,32,33)/t16-,17-,18-,21+,25+,26-/m1/s1. The molecule has 33 heavy (non-hydrogen) atoms. The Bertz CT molecular complexity index is 850. The molecule has 0 aromatic heterocycles. The molecule has 0 aromatic carbocycles. The summed E-state index contributed by atoms with van der Waals surface area (Å²) in [5.74, 6) is 0.789. The van der Waals surface area contributed by atoms with Gasteiger partial charge in [0.15, 0.2) is 0 Å². The second-order valence-electron chi connectivity index (χ2n) is 11.7. The van der Waals surface area contributed by atoms with Crippen molar-refractivity contribution in [3.8, 4) is 0 Å². The molecule has 1 unspecified atom stereocenters. The fourth-order valence-electron chi connectivity index (χ4n) is 9.24. The molecule has 7 atom stereocenters. The minimum Gasteiger partial charge on any atom is -0.545 e. The van der Waals surface area contributed by atoms with Crippen LogP contribution in [0.4, 0.5) is 0 Å². The van der Waals surface area contributed by atoms with Crippen molar-refractivity contribution >= 4 is 11.9 Å². The third-order valence-corrected chi connectivity index (χ3v) is 10.5. The number of aliphatic imine (C=N–C) groups is 1. The second kappa shape index (κ2) is 8.65. The summed E-state index contributed by atoms with van der Waals surface area (Å²) in [7, 11) is 2.02. The molecule has 2 spiro atoms. The molecule has 4 aliphatic carbocycles. The van der Waals surface area contributed by atoms with Gasteiger partial charge in [0.2, 0.25) is 0 Å². The van der Waals surface area contributed by atoms with E-state index in [-0.39, 0.29) is 16.4 Å². The van der Waals surface area contributed by atoms with Crippen molar-refractivity contribution in [2.75, 3.05) is 26.7 Å². The van der Waals surface area contributed by atoms with Crippen LogP contribution in [0.15, 0.2) is 16.1 Å². The summed E-state index contributed by atoms with van der Waals surface area (Å²) in [5.41, 5.74) is 7.57. The van der Waals surface area contributed by atoms with Crippen molar-refractivity contribution in [2.24, 2.45) is 39.3 Å². The maximum atomic E-state index is 12.1. The van der Waals surface area contributed by atoms with E-state index in [0.717, 1.165) is 69.7 Å². The molecular formula is C26H42N4O3. The number of carboxylic acid groups (broad SMARTS) is 1. The van der Waals surface area contributed by atoms with Crippen molar-refractivity contribution in [3.05, 3.63) is 11.1 Å². The molecule has 184 valence electrons. The zero-order valence-electron chi connectivity index (χ0n) is 20.4. The number of hydrogen-bond donors (Lipinski definition) is 4. The highest BCUT2D eigenvalue weighted by Crippen LogP contribution is 2.75. The van der Waals surface area contributed by atoms with E-state index in [1.165, 1.54) is 24.2 Å². The van der Waals surface area contributed by atoms with Gasteiger partial charge in [0.1, 0.15) is 0 Å². The molecule has 4 fully saturated rings. The molecule has 1 saturated heterocycles. The average molecular weight is 459 g/mol. The minimum absolute atomic E-state index is 0.0680. The number of allylic oxidation sites excluding steroid dienone is 1. The van der Waals surface area contributed by atoms with Crippen LogP contribution in [-0.2, 0) is 4.79 Å². The Morgan fingerprint density at radius 1 is 1.24 bits per heavy atom. The van der Waals surface area contributed by atoms with Crippen molar-refractivity contribution < 1.29 is 19.9 Å². The van der Waals surface area contributed by atoms with Crippen molar-refractivity contribution in [1.82, 2.24) is 5.32 Å². The monoisotopic (exact) mass is 458 g/mol. The first-order chi connectivity index (χ1) is 15.8. The SMILES string of the molecule is CNC[C@H]1CC[NH+](C(N)=NC2CCCCC2)C[C@@]12[C@@H]1CC[C@@H](C)[C@]23C[C@H](O)C(C(=O)[O-])=C3C1. The van der Waals surface area contributed by atoms with Gasteiger partial charge in [-0.3, -0.25) is 4.90 Å². The number of quaternary nitrogens is 1. The number of nitrogens with two attached hydrogens (primary N) is 1. The Labute approximate surface area is 197 Å². The van der Waals surface area contributed by atoms with E-state index in [9.17, 15) is 15.0 Å². The normalized spacial score (nSPS) is 43.8. The smallest absolute Gasteiger partial charge is 0.293 e. The molecule has 0 aromatic rings. The zero-order chi connectivity index (χ0) is 23.4. The third kappa shape index (κ3) is 3.33. The molecule has 1 aliphatic heterocycles. The Morgan fingerprint density at radius 3 is 2.70 bits per heavy atom. The maximum absolute atomic E-state index is 12.1. The summed E-state index contributed by atoms with van der Waals surface area (Å²) >= 11 is 0. The van der Waals surface area contributed by atoms with E-state index < -0.39 is 12.1 Å². The minimum atomic E-state index is -1.17. The van der Waals surface area contributed by atoms with E-state index in [0.29, 0.717) is 30.2 Å². The van der Waals surface area contributed by atoms with Crippen LogP contribution in [0.3, 0.4) is 0 Å². The Kier molecular flexibility index (Phi) is 6.11. The van der Waals surface area contributed by atoms with E-state index >= 15 is 0 Å². The summed E-state index contributed by atoms with van der Waals surface area (Å²) in [5, 5.41) is 26.5. The van der Waals surface area contributed by atoms with Crippen LogP contribution >= 0.6 is 0 Å². The fourth-order valence-corrected chi connectivity index (χ4v) is 9.24. The number of rotatable bonds is 4. The molecule has 7 heteroatoms. The fraction of sp³-hybridized carbons (Fsp3) is 0.846. The molecular weight excluding hydrogens is 416 g/mol. The number of hydrogen-bond acceptors (Lipinski definition) is 5. The first-order valence-corrected chi connectivity index (χ1v) is 13.3.